The van der Waals surface area contributed by atoms with Crippen LogP contribution in [-0.4, -0.2) is 6.29 Å². The van der Waals surface area contributed by atoms with Crippen LogP contribution in [0.25, 0.3) is 6.08 Å². The molecule has 0 atom stereocenters. The Morgan fingerprint density at radius 1 is 1.45 bits per heavy atom. The zero-order valence-electron chi connectivity index (χ0n) is 5.65. The normalized spacial score (nSPS) is 9.73. The van der Waals surface area contributed by atoms with Crippen LogP contribution in [0.2, 0.25) is 0 Å². The van der Waals surface area contributed by atoms with Crippen LogP contribution in [0, 0.1) is 11.3 Å². The van der Waals surface area contributed by atoms with E-state index in [4.69, 9.17) is 9.68 Å². The molecule has 1 rings (SSSR count). The molecule has 0 radical (unpaired) electrons. The highest BCUT2D eigenvalue weighted by atomic mass is 16.3. The molecule has 1 aromatic heterocycles. The summed E-state index contributed by atoms with van der Waals surface area (Å²) in [5.41, 5.74) is 0. The van der Waals surface area contributed by atoms with Crippen molar-refractivity contribution >= 4 is 12.4 Å². The number of carbonyl (C=O) groups is 1. The van der Waals surface area contributed by atoms with Crippen molar-refractivity contribution in [2.45, 2.75) is 0 Å². The van der Waals surface area contributed by atoms with Crippen LogP contribution in [0.1, 0.15) is 16.3 Å². The summed E-state index contributed by atoms with van der Waals surface area (Å²) in [7, 11) is 0. The van der Waals surface area contributed by atoms with E-state index in [1.54, 1.807) is 12.1 Å². The first-order chi connectivity index (χ1) is 5.36. The fourth-order valence-corrected chi connectivity index (χ4v) is 0.641. The van der Waals surface area contributed by atoms with Gasteiger partial charge in [-0.25, -0.2) is 0 Å². The second-order valence-electron chi connectivity index (χ2n) is 1.82. The quantitative estimate of drug-likeness (QED) is 0.471. The van der Waals surface area contributed by atoms with Crippen LogP contribution < -0.4 is 0 Å². The monoisotopic (exact) mass is 147 g/mol. The third kappa shape index (κ3) is 1.80. The number of rotatable bonds is 2. The minimum Gasteiger partial charge on any atom is -0.454 e. The Morgan fingerprint density at radius 2 is 2.18 bits per heavy atom. The zero-order chi connectivity index (χ0) is 8.10. The fraction of sp³-hybridized carbons (Fsp3) is 0. The first-order valence-electron chi connectivity index (χ1n) is 2.98. The van der Waals surface area contributed by atoms with E-state index in [-0.39, 0.29) is 5.76 Å². The largest absolute Gasteiger partial charge is 0.454 e. The third-order valence-corrected chi connectivity index (χ3v) is 1.09. The summed E-state index contributed by atoms with van der Waals surface area (Å²) in [6, 6.07) is 4.98. The number of hydrogen-bond acceptors (Lipinski definition) is 3. The highest BCUT2D eigenvalue weighted by molar-refractivity contribution is 5.71. The average Bonchev–Trinajstić information content (AvgIpc) is 2.48. The first-order valence-corrected chi connectivity index (χ1v) is 2.98. The summed E-state index contributed by atoms with van der Waals surface area (Å²) in [6.45, 7) is 0. The Labute approximate surface area is 63.5 Å². The van der Waals surface area contributed by atoms with E-state index in [1.807, 2.05) is 6.07 Å². The van der Waals surface area contributed by atoms with Gasteiger partial charge in [0, 0.05) is 6.08 Å². The van der Waals surface area contributed by atoms with E-state index in [1.165, 1.54) is 12.2 Å². The first kappa shape index (κ1) is 7.29. The summed E-state index contributed by atoms with van der Waals surface area (Å²) in [6.07, 6.45) is 3.39. The molecule has 0 bridgehead atoms. The Morgan fingerprint density at radius 3 is 2.73 bits per heavy atom. The molecule has 0 fully saturated rings. The van der Waals surface area contributed by atoms with Crippen molar-refractivity contribution in [1.29, 1.82) is 5.26 Å². The van der Waals surface area contributed by atoms with E-state index in [9.17, 15) is 4.79 Å². The van der Waals surface area contributed by atoms with Gasteiger partial charge in [0.1, 0.15) is 5.76 Å². The second-order valence-corrected chi connectivity index (χ2v) is 1.82. The number of furan rings is 1. The van der Waals surface area contributed by atoms with Crippen LogP contribution in [0.5, 0.6) is 0 Å². The van der Waals surface area contributed by atoms with E-state index < -0.39 is 0 Å². The molecule has 0 saturated heterocycles. The lowest BCUT2D eigenvalue weighted by atomic mass is 10.4. The van der Waals surface area contributed by atoms with E-state index in [0.29, 0.717) is 12.0 Å². The highest BCUT2D eigenvalue weighted by Crippen LogP contribution is 2.06. The van der Waals surface area contributed by atoms with Crippen molar-refractivity contribution in [3.05, 3.63) is 29.7 Å². The molecule has 0 aliphatic heterocycles. The SMILES string of the molecule is N#C/C=C/c1ccc(C=O)o1. The van der Waals surface area contributed by atoms with Gasteiger partial charge in [0.25, 0.3) is 0 Å². The van der Waals surface area contributed by atoms with Gasteiger partial charge in [0.15, 0.2) is 12.0 Å². The maximum Gasteiger partial charge on any atom is 0.185 e. The van der Waals surface area contributed by atoms with Crippen LogP contribution >= 0.6 is 0 Å². The predicted molar refractivity (Wildman–Crippen MR) is 38.7 cm³/mol. The van der Waals surface area contributed by atoms with E-state index in [0.717, 1.165) is 0 Å². The van der Waals surface area contributed by atoms with Crippen molar-refractivity contribution in [2.24, 2.45) is 0 Å². The summed E-state index contributed by atoms with van der Waals surface area (Å²) >= 11 is 0. The van der Waals surface area contributed by atoms with Gasteiger partial charge in [-0.1, -0.05) is 0 Å². The molecule has 1 heterocycles. The summed E-state index contributed by atoms with van der Waals surface area (Å²) in [5, 5.41) is 8.14. The molecule has 0 N–H and O–H groups in total. The predicted octanol–water partition coefficient (Wildman–Crippen LogP) is 1.63. The van der Waals surface area contributed by atoms with Gasteiger partial charge < -0.3 is 4.42 Å². The Kier molecular flexibility index (Phi) is 2.24. The molecule has 3 nitrogen and oxygen atoms in total. The minimum absolute atomic E-state index is 0.266. The molecule has 54 valence electrons. The summed E-state index contributed by atoms with van der Waals surface area (Å²) < 4.78 is 4.93. The van der Waals surface area contributed by atoms with Gasteiger partial charge in [-0.05, 0) is 18.2 Å². The smallest absolute Gasteiger partial charge is 0.185 e. The number of hydrogen-bond donors (Lipinski definition) is 0. The zero-order valence-corrected chi connectivity index (χ0v) is 5.65. The summed E-state index contributed by atoms with van der Waals surface area (Å²) in [5.74, 6) is 0.774. The molecule has 1 aromatic rings. The van der Waals surface area contributed by atoms with Gasteiger partial charge in [-0.3, -0.25) is 4.79 Å². The molecule has 0 saturated carbocycles. The Balaban J connectivity index is 2.82. The lowest BCUT2D eigenvalue weighted by molar-refractivity contribution is 0.110. The molecular formula is C8H5NO2. The van der Waals surface area contributed by atoms with Gasteiger partial charge in [0.2, 0.25) is 0 Å². The average molecular weight is 147 g/mol. The lowest BCUT2D eigenvalue weighted by Gasteiger charge is -1.79. The van der Waals surface area contributed by atoms with Crippen LogP contribution in [0.15, 0.2) is 22.6 Å². The number of allylic oxidation sites excluding steroid dienone is 1. The molecular weight excluding hydrogens is 142 g/mol. The van der Waals surface area contributed by atoms with E-state index >= 15 is 0 Å². The van der Waals surface area contributed by atoms with Crippen LogP contribution in [0.3, 0.4) is 0 Å². The minimum atomic E-state index is 0.266. The van der Waals surface area contributed by atoms with E-state index in [2.05, 4.69) is 0 Å². The molecule has 0 aromatic carbocycles. The summed E-state index contributed by atoms with van der Waals surface area (Å²) in [4.78, 5) is 10.1. The second kappa shape index (κ2) is 3.37. The fourth-order valence-electron chi connectivity index (χ4n) is 0.641. The van der Waals surface area contributed by atoms with Crippen molar-refractivity contribution in [3.8, 4) is 6.07 Å². The van der Waals surface area contributed by atoms with Crippen LogP contribution in [-0.2, 0) is 0 Å². The molecule has 0 aliphatic carbocycles. The lowest BCUT2D eigenvalue weighted by Crippen LogP contribution is -1.67. The highest BCUT2D eigenvalue weighted by Gasteiger charge is 1.94. The van der Waals surface area contributed by atoms with Crippen molar-refractivity contribution < 1.29 is 9.21 Å². The number of aldehydes is 1. The Bertz CT molecular complexity index is 317. The Hall–Kier alpha value is -1.82. The third-order valence-electron chi connectivity index (χ3n) is 1.09. The number of nitriles is 1. The molecule has 0 unspecified atom stereocenters. The van der Waals surface area contributed by atoms with Crippen LogP contribution in [0.4, 0.5) is 0 Å². The topological polar surface area (TPSA) is 54.0 Å². The van der Waals surface area contributed by atoms with Gasteiger partial charge >= 0.3 is 0 Å². The molecule has 0 spiro atoms. The van der Waals surface area contributed by atoms with Gasteiger partial charge in [0.05, 0.1) is 6.07 Å². The van der Waals surface area contributed by atoms with Crippen molar-refractivity contribution in [1.82, 2.24) is 0 Å². The molecule has 11 heavy (non-hydrogen) atoms. The maximum atomic E-state index is 10.1. The molecule has 0 aliphatic rings. The standard InChI is InChI=1S/C8H5NO2/c9-5-1-2-7-3-4-8(6-10)11-7/h1-4,6H/b2-1+. The number of nitrogens with zero attached hydrogens (tertiary/aromatic N) is 1. The molecule has 0 amide bonds. The van der Waals surface area contributed by atoms with Crippen molar-refractivity contribution in [3.63, 3.8) is 0 Å². The van der Waals surface area contributed by atoms with Crippen molar-refractivity contribution in [2.75, 3.05) is 0 Å². The maximum absolute atomic E-state index is 10.1. The number of carbonyl (C=O) groups excluding carboxylic acids is 1. The molecule has 3 heteroatoms. The van der Waals surface area contributed by atoms with Gasteiger partial charge in [-0.2, -0.15) is 5.26 Å². The van der Waals surface area contributed by atoms with Gasteiger partial charge in [-0.15, -0.1) is 0 Å².